The van der Waals surface area contributed by atoms with Crippen molar-refractivity contribution in [3.8, 4) is 18.1 Å². The van der Waals surface area contributed by atoms with Crippen LogP contribution in [0.2, 0.25) is 0 Å². The van der Waals surface area contributed by atoms with Crippen molar-refractivity contribution in [3.05, 3.63) is 29.8 Å². The number of terminal acetylenes is 1. The van der Waals surface area contributed by atoms with E-state index in [-0.39, 0.29) is 12.2 Å². The Morgan fingerprint density at radius 2 is 1.89 bits per heavy atom. The van der Waals surface area contributed by atoms with E-state index in [2.05, 4.69) is 10.7 Å². The highest BCUT2D eigenvalue weighted by atomic mass is 19.4. The van der Waals surface area contributed by atoms with Gasteiger partial charge in [-0.25, -0.2) is 4.79 Å². The molecule has 6 heteroatoms. The van der Waals surface area contributed by atoms with Crippen LogP contribution in [0.5, 0.6) is 5.75 Å². The lowest BCUT2D eigenvalue weighted by molar-refractivity contribution is -0.274. The molecule has 0 aliphatic heterocycles. The normalized spacial score (nSPS) is 10.6. The molecular weight excluding hydrogens is 261 g/mol. The van der Waals surface area contributed by atoms with Gasteiger partial charge in [-0.15, -0.1) is 25.5 Å². The summed E-state index contributed by atoms with van der Waals surface area (Å²) in [5.41, 5.74) is 0.148. The molecule has 0 bridgehead atoms. The largest absolute Gasteiger partial charge is 0.573 e. The first kappa shape index (κ1) is 14.9. The molecule has 0 aliphatic carbocycles. The average molecular weight is 272 g/mol. The van der Waals surface area contributed by atoms with Crippen molar-refractivity contribution in [3.63, 3.8) is 0 Å². The number of benzene rings is 1. The molecule has 19 heavy (non-hydrogen) atoms. The molecule has 0 heterocycles. The molecule has 0 fully saturated rings. The first-order chi connectivity index (χ1) is 8.92. The fourth-order valence-electron chi connectivity index (χ4n) is 1.22. The molecule has 1 aromatic rings. The molecule has 0 aliphatic rings. The predicted molar refractivity (Wildman–Crippen MR) is 61.5 cm³/mol. The summed E-state index contributed by atoms with van der Waals surface area (Å²) in [6.45, 7) is 0.170. The molecule has 1 rings (SSSR count). The number of hydrogen-bond acceptors (Lipinski definition) is 3. The highest BCUT2D eigenvalue weighted by Crippen LogP contribution is 2.22. The Bertz CT molecular complexity index is 458. The number of unbranched alkanes of at least 4 members (excludes halogenated alkanes) is 1. The standard InChI is InChI=1S/C13H11F3O3/c1-2-3-4-9-18-12(17)10-5-7-11(8-6-10)19-13(14,15)16/h1,5-8H,3-4,9H2. The van der Waals surface area contributed by atoms with E-state index in [9.17, 15) is 18.0 Å². The van der Waals surface area contributed by atoms with Crippen LogP contribution in [-0.4, -0.2) is 18.9 Å². The van der Waals surface area contributed by atoms with Crippen LogP contribution in [0.1, 0.15) is 23.2 Å². The van der Waals surface area contributed by atoms with Crippen LogP contribution in [0, 0.1) is 12.3 Å². The molecule has 0 saturated heterocycles. The topological polar surface area (TPSA) is 35.5 Å². The maximum atomic E-state index is 11.9. The number of hydrogen-bond donors (Lipinski definition) is 0. The van der Waals surface area contributed by atoms with Crippen molar-refractivity contribution < 1.29 is 27.4 Å². The minimum absolute atomic E-state index is 0.148. The van der Waals surface area contributed by atoms with Crippen LogP contribution >= 0.6 is 0 Å². The maximum Gasteiger partial charge on any atom is 0.573 e. The highest BCUT2D eigenvalue weighted by molar-refractivity contribution is 5.89. The number of carbonyl (C=O) groups excluding carboxylic acids is 1. The number of carbonyl (C=O) groups is 1. The Kier molecular flexibility index (Phi) is 5.24. The molecule has 0 N–H and O–H groups in total. The van der Waals surface area contributed by atoms with Gasteiger partial charge in [0.2, 0.25) is 0 Å². The fourth-order valence-corrected chi connectivity index (χ4v) is 1.22. The zero-order valence-electron chi connectivity index (χ0n) is 9.87. The van der Waals surface area contributed by atoms with E-state index in [1.807, 2.05) is 0 Å². The van der Waals surface area contributed by atoms with Gasteiger partial charge >= 0.3 is 12.3 Å². The maximum absolute atomic E-state index is 11.9. The number of esters is 1. The minimum Gasteiger partial charge on any atom is -0.462 e. The van der Waals surface area contributed by atoms with Gasteiger partial charge in [-0.2, -0.15) is 0 Å². The predicted octanol–water partition coefficient (Wildman–Crippen LogP) is 3.16. The lowest BCUT2D eigenvalue weighted by Crippen LogP contribution is -2.17. The van der Waals surface area contributed by atoms with Gasteiger partial charge < -0.3 is 9.47 Å². The van der Waals surface area contributed by atoms with Gasteiger partial charge in [-0.3, -0.25) is 0 Å². The van der Waals surface area contributed by atoms with E-state index in [1.54, 1.807) is 0 Å². The Morgan fingerprint density at radius 1 is 1.26 bits per heavy atom. The molecule has 1 aromatic carbocycles. The summed E-state index contributed by atoms with van der Waals surface area (Å²) >= 11 is 0. The first-order valence-corrected chi connectivity index (χ1v) is 5.39. The number of ether oxygens (including phenoxy) is 2. The van der Waals surface area contributed by atoms with Gasteiger partial charge in [-0.1, -0.05) is 0 Å². The first-order valence-electron chi connectivity index (χ1n) is 5.39. The summed E-state index contributed by atoms with van der Waals surface area (Å²) in [7, 11) is 0. The van der Waals surface area contributed by atoms with Crippen molar-refractivity contribution in [2.75, 3.05) is 6.61 Å². The van der Waals surface area contributed by atoms with E-state index < -0.39 is 18.1 Å². The molecule has 0 amide bonds. The Morgan fingerprint density at radius 3 is 2.42 bits per heavy atom. The van der Waals surface area contributed by atoms with Gasteiger partial charge in [0.05, 0.1) is 12.2 Å². The Labute approximate surface area is 108 Å². The molecule has 0 atom stereocenters. The van der Waals surface area contributed by atoms with Crippen LogP contribution in [-0.2, 0) is 4.74 Å². The zero-order valence-corrected chi connectivity index (χ0v) is 9.87. The zero-order chi connectivity index (χ0) is 14.3. The molecule has 0 radical (unpaired) electrons. The van der Waals surface area contributed by atoms with Crippen LogP contribution < -0.4 is 4.74 Å². The molecule has 0 unspecified atom stereocenters. The Hall–Kier alpha value is -2.16. The van der Waals surface area contributed by atoms with Gasteiger partial charge in [0.15, 0.2) is 0 Å². The monoisotopic (exact) mass is 272 g/mol. The summed E-state index contributed by atoms with van der Waals surface area (Å²) in [5.74, 6) is 1.39. The van der Waals surface area contributed by atoms with Crippen molar-refractivity contribution in [2.24, 2.45) is 0 Å². The summed E-state index contributed by atoms with van der Waals surface area (Å²) in [6, 6.07) is 4.49. The van der Waals surface area contributed by atoms with Crippen molar-refractivity contribution in [1.29, 1.82) is 0 Å². The quantitative estimate of drug-likeness (QED) is 0.469. The molecule has 102 valence electrons. The molecular formula is C13H11F3O3. The van der Waals surface area contributed by atoms with Crippen LogP contribution in [0.25, 0.3) is 0 Å². The molecule has 0 saturated carbocycles. The summed E-state index contributed by atoms with van der Waals surface area (Å²) in [4.78, 5) is 11.5. The molecule has 0 spiro atoms. The van der Waals surface area contributed by atoms with E-state index >= 15 is 0 Å². The van der Waals surface area contributed by atoms with Crippen LogP contribution in [0.4, 0.5) is 13.2 Å². The van der Waals surface area contributed by atoms with Gasteiger partial charge in [-0.05, 0) is 30.7 Å². The molecule has 0 aromatic heterocycles. The average Bonchev–Trinajstić information content (AvgIpc) is 2.33. The summed E-state index contributed by atoms with van der Waals surface area (Å²) in [5, 5.41) is 0. The second-order valence-electron chi connectivity index (χ2n) is 3.52. The SMILES string of the molecule is C#CCCCOC(=O)c1ccc(OC(F)(F)F)cc1. The van der Waals surface area contributed by atoms with Crippen molar-refractivity contribution >= 4 is 5.97 Å². The second-order valence-corrected chi connectivity index (χ2v) is 3.52. The van der Waals surface area contributed by atoms with E-state index in [0.29, 0.717) is 12.8 Å². The van der Waals surface area contributed by atoms with Gasteiger partial charge in [0.1, 0.15) is 5.75 Å². The third kappa shape index (κ3) is 5.82. The lowest BCUT2D eigenvalue weighted by Gasteiger charge is -2.09. The number of rotatable bonds is 5. The second kappa shape index (κ2) is 6.69. The van der Waals surface area contributed by atoms with Crippen molar-refractivity contribution in [1.82, 2.24) is 0 Å². The Balaban J connectivity index is 2.52. The van der Waals surface area contributed by atoms with Gasteiger partial charge in [0.25, 0.3) is 0 Å². The third-order valence-electron chi connectivity index (χ3n) is 2.02. The van der Waals surface area contributed by atoms with Crippen LogP contribution in [0.15, 0.2) is 24.3 Å². The lowest BCUT2D eigenvalue weighted by atomic mass is 10.2. The van der Waals surface area contributed by atoms with E-state index in [1.165, 1.54) is 12.1 Å². The number of alkyl halides is 3. The summed E-state index contributed by atoms with van der Waals surface area (Å²) in [6.07, 6.45) is 1.31. The smallest absolute Gasteiger partial charge is 0.462 e. The van der Waals surface area contributed by atoms with Gasteiger partial charge in [0, 0.05) is 6.42 Å². The van der Waals surface area contributed by atoms with E-state index in [0.717, 1.165) is 12.1 Å². The third-order valence-corrected chi connectivity index (χ3v) is 2.02. The minimum atomic E-state index is -4.75. The summed E-state index contributed by atoms with van der Waals surface area (Å²) < 4.78 is 44.3. The van der Waals surface area contributed by atoms with Crippen LogP contribution in [0.3, 0.4) is 0 Å². The highest BCUT2D eigenvalue weighted by Gasteiger charge is 2.31. The molecule has 3 nitrogen and oxygen atoms in total. The number of halogens is 3. The van der Waals surface area contributed by atoms with E-state index in [4.69, 9.17) is 11.2 Å². The fraction of sp³-hybridized carbons (Fsp3) is 0.308. The van der Waals surface area contributed by atoms with Crippen molar-refractivity contribution in [2.45, 2.75) is 19.2 Å².